The number of hydrogen-bond donors (Lipinski definition) is 1. The van der Waals surface area contributed by atoms with E-state index in [0.717, 1.165) is 25.2 Å². The normalized spacial score (nSPS) is 20.9. The van der Waals surface area contributed by atoms with Crippen molar-refractivity contribution in [3.8, 4) is 5.75 Å². The van der Waals surface area contributed by atoms with Gasteiger partial charge in [-0.15, -0.1) is 0 Å². The molecular weight excluding hydrogens is 250 g/mol. The molecule has 2 N–H and O–H groups in total. The zero-order valence-electron chi connectivity index (χ0n) is 12.7. The van der Waals surface area contributed by atoms with E-state index >= 15 is 0 Å². The second-order valence-corrected chi connectivity index (χ2v) is 5.91. The fraction of sp³-hybridized carbons (Fsp3) is 0.647. The van der Waals surface area contributed by atoms with Gasteiger partial charge in [-0.3, -0.25) is 0 Å². The van der Waals surface area contributed by atoms with Crippen molar-refractivity contribution < 1.29 is 9.47 Å². The molecule has 0 amide bonds. The van der Waals surface area contributed by atoms with Gasteiger partial charge in [0.05, 0.1) is 12.2 Å². The molecule has 3 heteroatoms. The topological polar surface area (TPSA) is 44.5 Å². The monoisotopic (exact) mass is 277 g/mol. The van der Waals surface area contributed by atoms with E-state index in [0.29, 0.717) is 6.10 Å². The average molecular weight is 277 g/mol. The van der Waals surface area contributed by atoms with Crippen LogP contribution in [-0.4, -0.2) is 18.8 Å². The molecule has 1 heterocycles. The summed E-state index contributed by atoms with van der Waals surface area (Å²) in [5, 5.41) is 0. The van der Waals surface area contributed by atoms with E-state index in [2.05, 4.69) is 12.1 Å². The lowest BCUT2D eigenvalue weighted by Crippen LogP contribution is -2.21. The van der Waals surface area contributed by atoms with Crippen LogP contribution in [0.25, 0.3) is 0 Å². The van der Waals surface area contributed by atoms with Crippen molar-refractivity contribution in [2.45, 2.75) is 64.2 Å². The summed E-state index contributed by atoms with van der Waals surface area (Å²) in [5.41, 5.74) is 7.44. The van der Waals surface area contributed by atoms with Crippen LogP contribution in [0.5, 0.6) is 5.75 Å². The summed E-state index contributed by atoms with van der Waals surface area (Å²) in [6, 6.07) is 8.25. The van der Waals surface area contributed by atoms with Crippen molar-refractivity contribution in [2.24, 2.45) is 5.73 Å². The highest BCUT2D eigenvalue weighted by Gasteiger charge is 2.15. The highest BCUT2D eigenvalue weighted by molar-refractivity contribution is 5.29. The number of hydrogen-bond acceptors (Lipinski definition) is 3. The first kappa shape index (κ1) is 15.3. The van der Waals surface area contributed by atoms with Gasteiger partial charge in [0.15, 0.2) is 0 Å². The van der Waals surface area contributed by atoms with E-state index in [1.807, 2.05) is 26.0 Å². The van der Waals surface area contributed by atoms with Gasteiger partial charge >= 0.3 is 0 Å². The van der Waals surface area contributed by atoms with Crippen LogP contribution in [-0.2, 0) is 4.74 Å². The maximum atomic E-state index is 6.27. The fourth-order valence-corrected chi connectivity index (χ4v) is 2.63. The predicted molar refractivity (Wildman–Crippen MR) is 82.0 cm³/mol. The van der Waals surface area contributed by atoms with Crippen LogP contribution in [0.1, 0.15) is 57.6 Å². The predicted octanol–water partition coefficient (Wildman–Crippen LogP) is 3.82. The van der Waals surface area contributed by atoms with E-state index < -0.39 is 0 Å². The molecule has 0 spiro atoms. The lowest BCUT2D eigenvalue weighted by Gasteiger charge is -2.24. The van der Waals surface area contributed by atoms with Gasteiger partial charge in [-0.1, -0.05) is 12.1 Å². The summed E-state index contributed by atoms with van der Waals surface area (Å²) in [7, 11) is 0. The highest BCUT2D eigenvalue weighted by atomic mass is 16.5. The Kier molecular flexibility index (Phi) is 5.86. The van der Waals surface area contributed by atoms with Gasteiger partial charge < -0.3 is 15.2 Å². The van der Waals surface area contributed by atoms with Gasteiger partial charge in [0.25, 0.3) is 0 Å². The Hall–Kier alpha value is -1.06. The minimum atomic E-state index is 0.0913. The van der Waals surface area contributed by atoms with E-state index in [-0.39, 0.29) is 12.1 Å². The first-order valence-corrected chi connectivity index (χ1v) is 7.79. The molecule has 1 aromatic rings. The van der Waals surface area contributed by atoms with Gasteiger partial charge in [-0.2, -0.15) is 0 Å². The Bertz CT molecular complexity index is 382. The molecule has 2 rings (SSSR count). The smallest absolute Gasteiger partial charge is 0.119 e. The first-order valence-electron chi connectivity index (χ1n) is 7.79. The molecule has 2 atom stereocenters. The third kappa shape index (κ3) is 4.80. The third-order valence-corrected chi connectivity index (χ3v) is 3.75. The van der Waals surface area contributed by atoms with Crippen LogP contribution in [0.3, 0.4) is 0 Å². The van der Waals surface area contributed by atoms with E-state index in [9.17, 15) is 0 Å². The van der Waals surface area contributed by atoms with Crippen LogP contribution in [0, 0.1) is 0 Å². The molecule has 3 nitrogen and oxygen atoms in total. The minimum Gasteiger partial charge on any atom is -0.491 e. The molecule has 0 aliphatic carbocycles. The molecule has 0 aromatic heterocycles. The van der Waals surface area contributed by atoms with Gasteiger partial charge in [0, 0.05) is 12.6 Å². The lowest BCUT2D eigenvalue weighted by molar-refractivity contribution is 0.00912. The summed E-state index contributed by atoms with van der Waals surface area (Å²) < 4.78 is 11.4. The van der Waals surface area contributed by atoms with Crippen LogP contribution in [0.4, 0.5) is 0 Å². The molecule has 1 fully saturated rings. The largest absolute Gasteiger partial charge is 0.491 e. The van der Waals surface area contributed by atoms with Gasteiger partial charge in [0.2, 0.25) is 0 Å². The highest BCUT2D eigenvalue weighted by Crippen LogP contribution is 2.24. The summed E-state index contributed by atoms with van der Waals surface area (Å²) >= 11 is 0. The van der Waals surface area contributed by atoms with Crippen LogP contribution in [0.15, 0.2) is 24.3 Å². The quantitative estimate of drug-likeness (QED) is 0.859. The van der Waals surface area contributed by atoms with Crippen molar-refractivity contribution in [3.63, 3.8) is 0 Å². The van der Waals surface area contributed by atoms with Gasteiger partial charge in [-0.05, 0) is 63.6 Å². The Morgan fingerprint density at radius 3 is 2.60 bits per heavy atom. The molecule has 112 valence electrons. The average Bonchev–Trinajstić information content (AvgIpc) is 2.46. The number of ether oxygens (including phenoxy) is 2. The Labute approximate surface area is 122 Å². The second kappa shape index (κ2) is 7.65. The first-order chi connectivity index (χ1) is 9.65. The zero-order chi connectivity index (χ0) is 14.4. The molecule has 1 saturated heterocycles. The molecule has 0 saturated carbocycles. The Balaban J connectivity index is 1.80. The second-order valence-electron chi connectivity index (χ2n) is 5.91. The molecule has 1 aromatic carbocycles. The van der Waals surface area contributed by atoms with Crippen LogP contribution >= 0.6 is 0 Å². The van der Waals surface area contributed by atoms with Crippen molar-refractivity contribution >= 4 is 0 Å². The minimum absolute atomic E-state index is 0.0913. The fourth-order valence-electron chi connectivity index (χ4n) is 2.63. The maximum Gasteiger partial charge on any atom is 0.119 e. The van der Waals surface area contributed by atoms with Crippen molar-refractivity contribution in [1.29, 1.82) is 0 Å². The summed E-state index contributed by atoms with van der Waals surface area (Å²) in [6.45, 7) is 4.98. The number of rotatable bonds is 6. The van der Waals surface area contributed by atoms with Crippen molar-refractivity contribution in [3.05, 3.63) is 29.8 Å². The van der Waals surface area contributed by atoms with Crippen molar-refractivity contribution in [1.82, 2.24) is 0 Å². The van der Waals surface area contributed by atoms with Crippen LogP contribution < -0.4 is 10.5 Å². The van der Waals surface area contributed by atoms with Gasteiger partial charge in [-0.25, -0.2) is 0 Å². The summed E-state index contributed by atoms with van der Waals surface area (Å²) in [5.74, 6) is 0.909. The molecule has 0 radical (unpaired) electrons. The molecule has 0 bridgehead atoms. The molecule has 20 heavy (non-hydrogen) atoms. The SMILES string of the molecule is CC(C)Oc1ccc(C(N)CCC2CCCCO2)cc1. The van der Waals surface area contributed by atoms with Gasteiger partial charge in [0.1, 0.15) is 5.75 Å². The molecule has 1 aliphatic rings. The summed E-state index contributed by atoms with van der Waals surface area (Å²) in [6.07, 6.45) is 6.35. The Morgan fingerprint density at radius 1 is 1.25 bits per heavy atom. The van der Waals surface area contributed by atoms with E-state index in [1.165, 1.54) is 24.8 Å². The summed E-state index contributed by atoms with van der Waals surface area (Å²) in [4.78, 5) is 0. The van der Waals surface area contributed by atoms with E-state index in [1.54, 1.807) is 0 Å². The third-order valence-electron chi connectivity index (χ3n) is 3.75. The molecule has 1 aliphatic heterocycles. The zero-order valence-corrected chi connectivity index (χ0v) is 12.7. The number of nitrogens with two attached hydrogens (primary N) is 1. The molecular formula is C17H27NO2. The molecule has 2 unspecified atom stereocenters. The Morgan fingerprint density at radius 2 is 2.00 bits per heavy atom. The van der Waals surface area contributed by atoms with Crippen LogP contribution in [0.2, 0.25) is 0 Å². The lowest BCUT2D eigenvalue weighted by atomic mass is 9.98. The maximum absolute atomic E-state index is 6.27. The van der Waals surface area contributed by atoms with E-state index in [4.69, 9.17) is 15.2 Å². The number of benzene rings is 1. The van der Waals surface area contributed by atoms with Crippen molar-refractivity contribution in [2.75, 3.05) is 6.61 Å². The standard InChI is InChI=1S/C17H27NO2/c1-13(2)20-16-8-6-14(7-9-16)17(18)11-10-15-5-3-4-12-19-15/h6-9,13,15,17H,3-5,10-12,18H2,1-2H3.